The first-order valence-electron chi connectivity index (χ1n) is 4.78. The number of aliphatic hydroxyl groups excluding tert-OH is 1. The Balaban J connectivity index is 3.27. The topological polar surface area (TPSA) is 45.1 Å². The summed E-state index contributed by atoms with van der Waals surface area (Å²) in [6, 6.07) is 0. The molecule has 0 aliphatic carbocycles. The van der Waals surface area contributed by atoms with Crippen LogP contribution in [0.1, 0.15) is 20.3 Å². The third-order valence-corrected chi connectivity index (χ3v) is 1.75. The smallest absolute Gasteiger partial charge is 0.118 e. The van der Waals surface area contributed by atoms with Gasteiger partial charge in [0, 0.05) is 19.3 Å². The zero-order valence-electron chi connectivity index (χ0n) is 8.57. The highest BCUT2D eigenvalue weighted by Gasteiger charge is 1.99. The number of oxime groups is 1. The molecule has 0 unspecified atom stereocenters. The molecule has 0 saturated heterocycles. The minimum absolute atomic E-state index is 0.224. The number of nitrogens with zero attached hydrogens (tertiary/aromatic N) is 2. The van der Waals surface area contributed by atoms with E-state index in [1.54, 1.807) is 6.21 Å². The third-order valence-electron chi connectivity index (χ3n) is 1.75. The molecule has 0 aliphatic rings. The molecular formula is C9H20N2O2. The molecule has 78 valence electrons. The Bertz CT molecular complexity index is 129. The highest BCUT2D eigenvalue weighted by atomic mass is 16.6. The summed E-state index contributed by atoms with van der Waals surface area (Å²) in [4.78, 5) is 7.12. The summed E-state index contributed by atoms with van der Waals surface area (Å²) in [7, 11) is 0. The quantitative estimate of drug-likeness (QED) is 0.347. The zero-order valence-corrected chi connectivity index (χ0v) is 8.57. The van der Waals surface area contributed by atoms with Crippen molar-refractivity contribution in [3.05, 3.63) is 0 Å². The lowest BCUT2D eigenvalue weighted by Crippen LogP contribution is -2.28. The second-order valence-corrected chi connectivity index (χ2v) is 2.71. The molecule has 4 nitrogen and oxygen atoms in total. The van der Waals surface area contributed by atoms with Gasteiger partial charge < -0.3 is 14.8 Å². The lowest BCUT2D eigenvalue weighted by molar-refractivity contribution is 0.125. The van der Waals surface area contributed by atoms with Crippen molar-refractivity contribution in [1.82, 2.24) is 4.90 Å². The van der Waals surface area contributed by atoms with Crippen molar-refractivity contribution < 1.29 is 9.94 Å². The molecular weight excluding hydrogens is 168 g/mol. The van der Waals surface area contributed by atoms with Crippen molar-refractivity contribution in [2.45, 2.75) is 20.3 Å². The fourth-order valence-corrected chi connectivity index (χ4v) is 1.05. The van der Waals surface area contributed by atoms with Crippen LogP contribution in [0.4, 0.5) is 0 Å². The van der Waals surface area contributed by atoms with Crippen LogP contribution in [0.25, 0.3) is 0 Å². The maximum atomic E-state index is 8.71. The second-order valence-electron chi connectivity index (χ2n) is 2.71. The van der Waals surface area contributed by atoms with E-state index in [4.69, 9.17) is 9.94 Å². The van der Waals surface area contributed by atoms with Crippen molar-refractivity contribution in [3.63, 3.8) is 0 Å². The molecule has 0 aliphatic heterocycles. The number of likely N-dealkylation sites (N-methyl/N-ethyl adjacent to an activating group) is 1. The molecule has 4 heteroatoms. The van der Waals surface area contributed by atoms with E-state index >= 15 is 0 Å². The summed E-state index contributed by atoms with van der Waals surface area (Å²) >= 11 is 0. The Morgan fingerprint density at radius 1 is 1.46 bits per heavy atom. The highest BCUT2D eigenvalue weighted by Crippen LogP contribution is 1.91. The van der Waals surface area contributed by atoms with Gasteiger partial charge in [0.25, 0.3) is 0 Å². The SMILES string of the molecule is C/C=N/OCCCN(CC)CCO. The first kappa shape index (κ1) is 12.4. The molecule has 0 heterocycles. The molecule has 0 rings (SSSR count). The van der Waals surface area contributed by atoms with Crippen molar-refractivity contribution in [1.29, 1.82) is 0 Å². The van der Waals surface area contributed by atoms with E-state index < -0.39 is 0 Å². The van der Waals surface area contributed by atoms with Crippen molar-refractivity contribution >= 4 is 6.21 Å². The largest absolute Gasteiger partial charge is 0.396 e. The Morgan fingerprint density at radius 3 is 2.77 bits per heavy atom. The summed E-state index contributed by atoms with van der Waals surface area (Å²) in [6.45, 7) is 7.44. The molecule has 0 amide bonds. The van der Waals surface area contributed by atoms with Crippen LogP contribution in [-0.4, -0.2) is 49.1 Å². The molecule has 0 spiro atoms. The first-order chi connectivity index (χ1) is 6.35. The predicted octanol–water partition coefficient (Wildman–Crippen LogP) is 0.713. The monoisotopic (exact) mass is 188 g/mol. The van der Waals surface area contributed by atoms with Crippen molar-refractivity contribution in [2.75, 3.05) is 32.8 Å². The Labute approximate surface area is 80.2 Å². The minimum Gasteiger partial charge on any atom is -0.396 e. The Hall–Kier alpha value is -0.610. The van der Waals surface area contributed by atoms with Gasteiger partial charge in [-0.05, 0) is 19.9 Å². The van der Waals surface area contributed by atoms with Gasteiger partial charge in [0.15, 0.2) is 0 Å². The predicted molar refractivity (Wildman–Crippen MR) is 53.9 cm³/mol. The van der Waals surface area contributed by atoms with Crippen LogP contribution in [0.15, 0.2) is 5.16 Å². The average Bonchev–Trinajstić information content (AvgIpc) is 2.16. The molecule has 0 aromatic heterocycles. The summed E-state index contributed by atoms with van der Waals surface area (Å²) in [5.41, 5.74) is 0. The van der Waals surface area contributed by atoms with Gasteiger partial charge in [-0.3, -0.25) is 0 Å². The zero-order chi connectivity index (χ0) is 9.94. The van der Waals surface area contributed by atoms with Crippen molar-refractivity contribution in [2.24, 2.45) is 5.16 Å². The minimum atomic E-state index is 0.224. The average molecular weight is 188 g/mol. The molecule has 1 N–H and O–H groups in total. The van der Waals surface area contributed by atoms with Gasteiger partial charge in [-0.15, -0.1) is 0 Å². The normalized spacial score (nSPS) is 11.4. The first-order valence-corrected chi connectivity index (χ1v) is 4.78. The summed E-state index contributed by atoms with van der Waals surface area (Å²) in [5, 5.41) is 12.4. The van der Waals surface area contributed by atoms with Crippen LogP contribution >= 0.6 is 0 Å². The van der Waals surface area contributed by atoms with Crippen LogP contribution in [-0.2, 0) is 4.84 Å². The van der Waals surface area contributed by atoms with Gasteiger partial charge in [-0.2, -0.15) is 0 Å². The molecule has 0 aromatic rings. The maximum Gasteiger partial charge on any atom is 0.118 e. The fraction of sp³-hybridized carbons (Fsp3) is 0.889. The van der Waals surface area contributed by atoms with Crippen LogP contribution in [0.5, 0.6) is 0 Å². The number of hydrogen-bond acceptors (Lipinski definition) is 4. The maximum absolute atomic E-state index is 8.71. The van der Waals surface area contributed by atoms with Gasteiger partial charge in [0.1, 0.15) is 6.61 Å². The molecule has 0 aromatic carbocycles. The van der Waals surface area contributed by atoms with Crippen LogP contribution in [0.3, 0.4) is 0 Å². The molecule has 0 radical (unpaired) electrons. The molecule has 0 fully saturated rings. The van der Waals surface area contributed by atoms with Gasteiger partial charge >= 0.3 is 0 Å². The third kappa shape index (κ3) is 7.74. The van der Waals surface area contributed by atoms with Gasteiger partial charge in [-0.1, -0.05) is 12.1 Å². The van der Waals surface area contributed by atoms with Gasteiger partial charge in [0.05, 0.1) is 6.61 Å². The molecule has 13 heavy (non-hydrogen) atoms. The number of rotatable bonds is 8. The van der Waals surface area contributed by atoms with E-state index in [9.17, 15) is 0 Å². The van der Waals surface area contributed by atoms with Crippen LogP contribution < -0.4 is 0 Å². The van der Waals surface area contributed by atoms with E-state index in [-0.39, 0.29) is 6.61 Å². The molecule has 0 atom stereocenters. The van der Waals surface area contributed by atoms with Crippen molar-refractivity contribution in [3.8, 4) is 0 Å². The molecule has 0 saturated carbocycles. The lowest BCUT2D eigenvalue weighted by atomic mass is 10.4. The Morgan fingerprint density at radius 2 is 2.23 bits per heavy atom. The van der Waals surface area contributed by atoms with Crippen LogP contribution in [0.2, 0.25) is 0 Å². The van der Waals surface area contributed by atoms with E-state index in [1.807, 2.05) is 6.92 Å². The van der Waals surface area contributed by atoms with Gasteiger partial charge in [-0.25, -0.2) is 0 Å². The highest BCUT2D eigenvalue weighted by molar-refractivity contribution is 5.52. The number of hydrogen-bond donors (Lipinski definition) is 1. The second kappa shape index (κ2) is 9.48. The summed E-state index contributed by atoms with van der Waals surface area (Å²) in [5.74, 6) is 0. The van der Waals surface area contributed by atoms with E-state index in [0.717, 1.165) is 26.1 Å². The molecule has 0 bridgehead atoms. The van der Waals surface area contributed by atoms with E-state index in [0.29, 0.717) is 6.61 Å². The Kier molecular flexibility index (Phi) is 9.03. The van der Waals surface area contributed by atoms with Gasteiger partial charge in [0.2, 0.25) is 0 Å². The number of aliphatic hydroxyl groups is 1. The van der Waals surface area contributed by atoms with E-state index in [1.165, 1.54) is 0 Å². The van der Waals surface area contributed by atoms with Crippen LogP contribution in [0, 0.1) is 0 Å². The lowest BCUT2D eigenvalue weighted by Gasteiger charge is -2.18. The van der Waals surface area contributed by atoms with E-state index in [2.05, 4.69) is 17.0 Å². The summed E-state index contributed by atoms with van der Waals surface area (Å²) < 4.78 is 0. The summed E-state index contributed by atoms with van der Waals surface area (Å²) in [6.07, 6.45) is 2.58. The fourth-order valence-electron chi connectivity index (χ4n) is 1.05. The standard InChI is InChI=1S/C9H20N2O2/c1-3-10-13-9-5-6-11(4-2)7-8-12/h3,12H,4-9H2,1-2H3/b10-3+.